The molecule has 21 heavy (non-hydrogen) atoms. The predicted octanol–water partition coefficient (Wildman–Crippen LogP) is 3.12. The number of nitrogens with zero attached hydrogens (tertiary/aromatic N) is 4. The molecule has 0 aliphatic rings. The maximum Gasteiger partial charge on any atom is 0.234 e. The van der Waals surface area contributed by atoms with E-state index in [0.717, 1.165) is 22.6 Å². The van der Waals surface area contributed by atoms with Gasteiger partial charge in [-0.2, -0.15) is 0 Å². The zero-order chi connectivity index (χ0) is 14.2. The topological polar surface area (TPSA) is 59.4 Å². The standard InChI is InChI=1S/C16H13N5/c1-11-5-2-6-12-14(11)20-15(19-12)13-7-3-10-21(13)16-17-8-4-9-18-16/h2-10H,1H3,(H,19,20). The molecule has 3 aromatic heterocycles. The predicted molar refractivity (Wildman–Crippen MR) is 81.2 cm³/mol. The lowest BCUT2D eigenvalue weighted by Crippen LogP contribution is -2.01. The van der Waals surface area contributed by atoms with Crippen LogP contribution in [0.15, 0.2) is 55.0 Å². The molecule has 0 bridgehead atoms. The highest BCUT2D eigenvalue weighted by atomic mass is 15.2. The maximum absolute atomic E-state index is 4.67. The van der Waals surface area contributed by atoms with Gasteiger partial charge in [-0.1, -0.05) is 12.1 Å². The minimum absolute atomic E-state index is 0.634. The first kappa shape index (κ1) is 11.8. The number of fused-ring (bicyclic) bond motifs is 1. The third-order valence-electron chi connectivity index (χ3n) is 3.49. The third-order valence-corrected chi connectivity index (χ3v) is 3.49. The van der Waals surface area contributed by atoms with Crippen LogP contribution < -0.4 is 0 Å². The van der Waals surface area contributed by atoms with Gasteiger partial charge in [-0.15, -0.1) is 0 Å². The molecular weight excluding hydrogens is 262 g/mol. The van der Waals surface area contributed by atoms with Gasteiger partial charge in [-0.05, 0) is 36.8 Å². The van der Waals surface area contributed by atoms with E-state index in [1.165, 1.54) is 5.56 Å². The van der Waals surface area contributed by atoms with Crippen LogP contribution in [0.1, 0.15) is 5.56 Å². The Morgan fingerprint density at radius 3 is 2.67 bits per heavy atom. The van der Waals surface area contributed by atoms with Gasteiger partial charge in [0.25, 0.3) is 0 Å². The van der Waals surface area contributed by atoms with Crippen molar-refractivity contribution in [3.05, 3.63) is 60.6 Å². The summed E-state index contributed by atoms with van der Waals surface area (Å²) in [4.78, 5) is 16.6. The number of imidazole rings is 1. The molecule has 3 heterocycles. The van der Waals surface area contributed by atoms with Crippen molar-refractivity contribution in [3.63, 3.8) is 0 Å². The highest BCUT2D eigenvalue weighted by Crippen LogP contribution is 2.24. The normalized spacial score (nSPS) is 11.1. The monoisotopic (exact) mass is 275 g/mol. The fraction of sp³-hybridized carbons (Fsp3) is 0.0625. The lowest BCUT2D eigenvalue weighted by molar-refractivity contribution is 0.935. The second-order valence-corrected chi connectivity index (χ2v) is 4.87. The molecule has 4 rings (SSSR count). The summed E-state index contributed by atoms with van der Waals surface area (Å²) in [6, 6.07) is 11.9. The Balaban J connectivity index is 1.90. The smallest absolute Gasteiger partial charge is 0.234 e. The van der Waals surface area contributed by atoms with Crippen LogP contribution in [0.2, 0.25) is 0 Å². The fourth-order valence-corrected chi connectivity index (χ4v) is 2.46. The van der Waals surface area contributed by atoms with Gasteiger partial charge < -0.3 is 4.98 Å². The zero-order valence-corrected chi connectivity index (χ0v) is 11.5. The van der Waals surface area contributed by atoms with Crippen LogP contribution >= 0.6 is 0 Å². The number of para-hydroxylation sites is 1. The van der Waals surface area contributed by atoms with Crippen LogP contribution in [0.3, 0.4) is 0 Å². The molecule has 5 nitrogen and oxygen atoms in total. The first-order valence-corrected chi connectivity index (χ1v) is 6.73. The summed E-state index contributed by atoms with van der Waals surface area (Å²) in [5.41, 5.74) is 4.15. The molecule has 5 heteroatoms. The quantitative estimate of drug-likeness (QED) is 0.611. The number of rotatable bonds is 2. The van der Waals surface area contributed by atoms with Crippen molar-refractivity contribution in [3.8, 4) is 17.5 Å². The number of aromatic amines is 1. The van der Waals surface area contributed by atoms with Gasteiger partial charge in [0.05, 0.1) is 16.7 Å². The molecule has 0 spiro atoms. The van der Waals surface area contributed by atoms with Gasteiger partial charge >= 0.3 is 0 Å². The molecule has 102 valence electrons. The van der Waals surface area contributed by atoms with Crippen LogP contribution in [-0.4, -0.2) is 24.5 Å². The van der Waals surface area contributed by atoms with E-state index in [0.29, 0.717) is 5.95 Å². The lowest BCUT2D eigenvalue weighted by atomic mass is 10.2. The average molecular weight is 275 g/mol. The molecule has 0 fully saturated rings. The summed E-state index contributed by atoms with van der Waals surface area (Å²) in [5.74, 6) is 1.45. The van der Waals surface area contributed by atoms with Crippen molar-refractivity contribution in [2.24, 2.45) is 0 Å². The van der Waals surface area contributed by atoms with E-state index in [1.54, 1.807) is 18.5 Å². The summed E-state index contributed by atoms with van der Waals surface area (Å²) < 4.78 is 1.92. The third kappa shape index (κ3) is 1.90. The van der Waals surface area contributed by atoms with Crippen molar-refractivity contribution in [1.82, 2.24) is 24.5 Å². The van der Waals surface area contributed by atoms with E-state index in [-0.39, 0.29) is 0 Å². The fourth-order valence-electron chi connectivity index (χ4n) is 2.46. The van der Waals surface area contributed by atoms with E-state index in [9.17, 15) is 0 Å². The number of H-pyrrole nitrogens is 1. The molecular formula is C16H13N5. The highest BCUT2D eigenvalue weighted by molar-refractivity contribution is 5.81. The van der Waals surface area contributed by atoms with Crippen LogP contribution in [0, 0.1) is 6.92 Å². The number of nitrogens with one attached hydrogen (secondary N) is 1. The largest absolute Gasteiger partial charge is 0.336 e. The summed E-state index contributed by atoms with van der Waals surface area (Å²) in [6.07, 6.45) is 5.40. The van der Waals surface area contributed by atoms with E-state index in [4.69, 9.17) is 0 Å². The second-order valence-electron chi connectivity index (χ2n) is 4.87. The summed E-state index contributed by atoms with van der Waals surface area (Å²) >= 11 is 0. The number of aromatic nitrogens is 5. The Morgan fingerprint density at radius 1 is 1.00 bits per heavy atom. The molecule has 1 aromatic carbocycles. The van der Waals surface area contributed by atoms with Gasteiger partial charge in [0.15, 0.2) is 5.82 Å². The molecule has 0 unspecified atom stereocenters. The van der Waals surface area contributed by atoms with Crippen LogP contribution in [0.25, 0.3) is 28.5 Å². The summed E-state index contributed by atoms with van der Waals surface area (Å²) in [6.45, 7) is 2.07. The van der Waals surface area contributed by atoms with Gasteiger partial charge in [-0.25, -0.2) is 15.0 Å². The van der Waals surface area contributed by atoms with Crippen LogP contribution in [0.5, 0.6) is 0 Å². The van der Waals surface area contributed by atoms with Crippen LogP contribution in [-0.2, 0) is 0 Å². The Bertz CT molecular complexity index is 905. The van der Waals surface area contributed by atoms with Crippen molar-refractivity contribution in [1.29, 1.82) is 0 Å². The molecule has 0 aliphatic carbocycles. The maximum atomic E-state index is 4.67. The average Bonchev–Trinajstić information content (AvgIpc) is 3.15. The van der Waals surface area contributed by atoms with Gasteiger partial charge in [-0.3, -0.25) is 4.57 Å². The van der Waals surface area contributed by atoms with Gasteiger partial charge in [0, 0.05) is 18.6 Å². The van der Waals surface area contributed by atoms with Crippen molar-refractivity contribution < 1.29 is 0 Å². The molecule has 0 aliphatic heterocycles. The SMILES string of the molecule is Cc1cccc2nc(-c3cccn3-c3ncccn3)[nH]c12. The number of hydrogen-bond acceptors (Lipinski definition) is 3. The van der Waals surface area contributed by atoms with E-state index < -0.39 is 0 Å². The Kier molecular flexibility index (Phi) is 2.57. The number of aryl methyl sites for hydroxylation is 1. The minimum Gasteiger partial charge on any atom is -0.336 e. The molecule has 0 saturated heterocycles. The van der Waals surface area contributed by atoms with E-state index >= 15 is 0 Å². The molecule has 0 saturated carbocycles. The lowest BCUT2D eigenvalue weighted by Gasteiger charge is -2.04. The molecule has 4 aromatic rings. The van der Waals surface area contributed by atoms with E-state index in [2.05, 4.69) is 32.9 Å². The molecule has 0 amide bonds. The second kappa shape index (κ2) is 4.56. The van der Waals surface area contributed by atoms with Crippen LogP contribution in [0.4, 0.5) is 0 Å². The Labute approximate surface area is 121 Å². The summed E-state index contributed by atoms with van der Waals surface area (Å²) in [5, 5.41) is 0. The van der Waals surface area contributed by atoms with Gasteiger partial charge in [0.1, 0.15) is 0 Å². The zero-order valence-electron chi connectivity index (χ0n) is 11.5. The van der Waals surface area contributed by atoms with E-state index in [1.807, 2.05) is 35.0 Å². The Morgan fingerprint density at radius 2 is 1.86 bits per heavy atom. The number of benzene rings is 1. The first-order chi connectivity index (χ1) is 10.3. The molecule has 0 radical (unpaired) electrons. The van der Waals surface area contributed by atoms with Crippen molar-refractivity contribution in [2.75, 3.05) is 0 Å². The molecule has 0 atom stereocenters. The van der Waals surface area contributed by atoms with Crippen molar-refractivity contribution >= 4 is 11.0 Å². The van der Waals surface area contributed by atoms with Gasteiger partial charge in [0.2, 0.25) is 5.95 Å². The summed E-state index contributed by atoms with van der Waals surface area (Å²) in [7, 11) is 0. The first-order valence-electron chi connectivity index (χ1n) is 6.73. The highest BCUT2D eigenvalue weighted by Gasteiger charge is 2.12. The minimum atomic E-state index is 0.634. The molecule has 1 N–H and O–H groups in total. The Hall–Kier alpha value is -2.95. The number of hydrogen-bond donors (Lipinski definition) is 1. The van der Waals surface area contributed by atoms with Crippen molar-refractivity contribution in [2.45, 2.75) is 6.92 Å².